The number of Topliss-reactive ketones (excluding diaryl/α,β-unsaturated/α-hetero) is 1. The lowest BCUT2D eigenvalue weighted by Gasteiger charge is -2.42. The molecule has 2 saturated heterocycles. The topological polar surface area (TPSA) is 314 Å². The third-order valence-corrected chi connectivity index (χ3v) is 6.38. The Hall–Kier alpha value is -1.46. The molecule has 0 aliphatic carbocycles. The first-order valence-electron chi connectivity index (χ1n) is 11.3. The van der Waals surface area contributed by atoms with Gasteiger partial charge in [-0.25, -0.2) is 4.79 Å². The van der Waals surface area contributed by atoms with Crippen molar-refractivity contribution in [2.24, 2.45) is 0 Å². The Kier molecular flexibility index (Phi) is 11.4. The molecule has 18 nitrogen and oxygen atoms in total. The molecule has 38 heavy (non-hydrogen) atoms. The number of ketones is 1. The molecule has 222 valence electrons. The van der Waals surface area contributed by atoms with E-state index in [9.17, 15) is 65.8 Å². The molecule has 2 rings (SSSR count). The average Bonchev–Trinajstić information content (AvgIpc) is 2.88. The van der Waals surface area contributed by atoms with Gasteiger partial charge in [0.05, 0.1) is 19.8 Å². The van der Waals surface area contributed by atoms with E-state index in [-0.39, 0.29) is 0 Å². The molecule has 2 aliphatic rings. The number of carboxylic acid groups (broad SMARTS) is 1. The fraction of sp³-hybridized carbons (Fsp3) is 0.900. The predicted octanol–water partition coefficient (Wildman–Crippen LogP) is -7.89. The summed E-state index contributed by atoms with van der Waals surface area (Å²) in [5.74, 6) is -3.65. The van der Waals surface area contributed by atoms with Crippen LogP contribution in [0, 0.1) is 0 Å². The lowest BCUT2D eigenvalue weighted by Crippen LogP contribution is -2.63. The summed E-state index contributed by atoms with van der Waals surface area (Å²) in [5.41, 5.74) is -3.46. The van der Waals surface area contributed by atoms with Gasteiger partial charge in [0, 0.05) is 0 Å². The minimum Gasteiger partial charge on any atom is -0.479 e. The largest absolute Gasteiger partial charge is 0.479 e. The van der Waals surface area contributed by atoms with E-state index in [2.05, 4.69) is 0 Å². The van der Waals surface area contributed by atoms with Crippen LogP contribution < -0.4 is 0 Å². The molecule has 0 unspecified atom stereocenters. The van der Waals surface area contributed by atoms with Gasteiger partial charge < -0.3 is 80.2 Å². The molecule has 0 amide bonds. The van der Waals surface area contributed by atoms with Gasteiger partial charge in [-0.1, -0.05) is 0 Å². The highest BCUT2D eigenvalue weighted by Gasteiger charge is 2.53. The van der Waals surface area contributed by atoms with Crippen LogP contribution >= 0.6 is 0 Å². The molecule has 2 aliphatic heterocycles. The predicted molar refractivity (Wildman–Crippen MR) is 114 cm³/mol. The van der Waals surface area contributed by atoms with Crippen molar-refractivity contribution >= 4 is 11.8 Å². The van der Waals surface area contributed by atoms with Gasteiger partial charge in [0.1, 0.15) is 67.1 Å². The molecule has 0 aromatic rings. The van der Waals surface area contributed by atoms with E-state index in [1.807, 2.05) is 0 Å². The standard InChI is InChI=1S/C20H34O18/c1-5(22)20(34,19(32)33)16(31)9(24)6(23)3-35-17-15(30)13(28)11(26)8(38-17)4-36-18-14(29)12(27)10(25)7(2-21)37-18/h6-18,21,23-31,34H,2-4H2,1H3,(H,32,33)/t6-,7-,8-,9-,10-,11-,12+,13+,14-,15-,16+,17+,18+,20+/m1/s1. The van der Waals surface area contributed by atoms with Crippen LogP contribution in [-0.2, 0) is 28.5 Å². The fourth-order valence-corrected chi connectivity index (χ4v) is 3.82. The molecule has 0 radical (unpaired) electrons. The van der Waals surface area contributed by atoms with Crippen LogP contribution in [0.3, 0.4) is 0 Å². The van der Waals surface area contributed by atoms with Crippen molar-refractivity contribution in [1.29, 1.82) is 0 Å². The zero-order valence-corrected chi connectivity index (χ0v) is 19.9. The van der Waals surface area contributed by atoms with Gasteiger partial charge in [-0.2, -0.15) is 0 Å². The van der Waals surface area contributed by atoms with Crippen LogP contribution in [0.1, 0.15) is 6.92 Å². The highest BCUT2D eigenvalue weighted by atomic mass is 16.7. The Bertz CT molecular complexity index is 780. The highest BCUT2D eigenvalue weighted by Crippen LogP contribution is 2.26. The summed E-state index contributed by atoms with van der Waals surface area (Å²) in [5, 5.41) is 118. The van der Waals surface area contributed by atoms with Crippen molar-refractivity contribution in [2.45, 2.75) is 92.2 Å². The Morgan fingerprint density at radius 3 is 1.76 bits per heavy atom. The third-order valence-electron chi connectivity index (χ3n) is 6.38. The zero-order chi connectivity index (χ0) is 29.1. The summed E-state index contributed by atoms with van der Waals surface area (Å²) in [7, 11) is 0. The van der Waals surface area contributed by atoms with Crippen molar-refractivity contribution in [3.8, 4) is 0 Å². The van der Waals surface area contributed by atoms with Crippen LogP contribution in [0.15, 0.2) is 0 Å². The van der Waals surface area contributed by atoms with E-state index in [0.29, 0.717) is 6.92 Å². The number of carboxylic acids is 1. The van der Waals surface area contributed by atoms with E-state index in [4.69, 9.17) is 24.1 Å². The lowest BCUT2D eigenvalue weighted by atomic mass is 9.87. The molecule has 0 bridgehead atoms. The van der Waals surface area contributed by atoms with Crippen LogP contribution in [0.4, 0.5) is 0 Å². The molecule has 14 atom stereocenters. The van der Waals surface area contributed by atoms with Crippen molar-refractivity contribution in [3.63, 3.8) is 0 Å². The summed E-state index contributed by atoms with van der Waals surface area (Å²) in [6.45, 7) is -1.82. The summed E-state index contributed by atoms with van der Waals surface area (Å²) in [6.07, 6.45) is -24.5. The molecule has 0 spiro atoms. The number of carbonyl (C=O) groups is 2. The molecule has 2 fully saturated rings. The molecule has 0 aromatic carbocycles. The van der Waals surface area contributed by atoms with Gasteiger partial charge in [-0.3, -0.25) is 4.79 Å². The van der Waals surface area contributed by atoms with Gasteiger partial charge in [-0.05, 0) is 6.92 Å². The Balaban J connectivity index is 2.02. The molecule has 18 heteroatoms. The van der Waals surface area contributed by atoms with Crippen LogP contribution in [0.2, 0.25) is 0 Å². The number of aliphatic carboxylic acids is 1. The van der Waals surface area contributed by atoms with Crippen molar-refractivity contribution in [1.82, 2.24) is 0 Å². The second-order valence-corrected chi connectivity index (χ2v) is 9.01. The molecule has 0 saturated carbocycles. The zero-order valence-electron chi connectivity index (χ0n) is 19.9. The smallest absolute Gasteiger partial charge is 0.346 e. The maximum absolute atomic E-state index is 11.5. The fourth-order valence-electron chi connectivity index (χ4n) is 3.82. The number of aliphatic hydroxyl groups excluding tert-OH is 10. The number of hydrogen-bond acceptors (Lipinski definition) is 17. The van der Waals surface area contributed by atoms with E-state index >= 15 is 0 Å². The van der Waals surface area contributed by atoms with E-state index < -0.39 is 117 Å². The summed E-state index contributed by atoms with van der Waals surface area (Å²) in [4.78, 5) is 22.7. The van der Waals surface area contributed by atoms with E-state index in [0.717, 1.165) is 0 Å². The number of hydrogen-bond donors (Lipinski definition) is 12. The van der Waals surface area contributed by atoms with Crippen LogP contribution in [0.5, 0.6) is 0 Å². The number of rotatable bonds is 12. The number of aliphatic hydroxyl groups is 11. The second-order valence-electron chi connectivity index (χ2n) is 9.01. The van der Waals surface area contributed by atoms with E-state index in [1.54, 1.807) is 0 Å². The minimum atomic E-state index is -3.46. The van der Waals surface area contributed by atoms with Crippen LogP contribution in [-0.4, -0.2) is 178 Å². The SMILES string of the molecule is CC(=O)[C@@](O)(C(=O)O)[C@@H](O)[C@H](O)[C@H](O)CO[C@H]1O[C@H](CO[C@H]2O[C@H](CO)[C@@H](O)[C@H](O)[C@H]2O)[C@@H](O)[C@H](O)[C@H]1O. The Labute approximate surface area is 214 Å². The molecule has 0 aromatic heterocycles. The second kappa shape index (κ2) is 13.3. The average molecular weight is 562 g/mol. The first-order chi connectivity index (χ1) is 17.6. The van der Waals surface area contributed by atoms with Gasteiger partial charge >= 0.3 is 5.97 Å². The normalized spacial score (nSPS) is 40.1. The maximum Gasteiger partial charge on any atom is 0.346 e. The monoisotopic (exact) mass is 562 g/mol. The summed E-state index contributed by atoms with van der Waals surface area (Å²) in [6, 6.07) is 0. The molecular weight excluding hydrogens is 528 g/mol. The van der Waals surface area contributed by atoms with E-state index in [1.165, 1.54) is 0 Å². The summed E-state index contributed by atoms with van der Waals surface area (Å²) >= 11 is 0. The first-order valence-corrected chi connectivity index (χ1v) is 11.3. The van der Waals surface area contributed by atoms with Gasteiger partial charge in [-0.15, -0.1) is 0 Å². The Morgan fingerprint density at radius 1 is 0.816 bits per heavy atom. The third kappa shape index (κ3) is 6.63. The molecular formula is C20H34O18. The quantitative estimate of drug-likeness (QED) is 0.0982. The molecule has 12 N–H and O–H groups in total. The maximum atomic E-state index is 11.5. The lowest BCUT2D eigenvalue weighted by molar-refractivity contribution is -0.333. The van der Waals surface area contributed by atoms with Gasteiger partial charge in [0.15, 0.2) is 18.4 Å². The van der Waals surface area contributed by atoms with Crippen molar-refractivity contribution in [3.05, 3.63) is 0 Å². The summed E-state index contributed by atoms with van der Waals surface area (Å²) < 4.78 is 20.7. The first kappa shape index (κ1) is 32.8. The van der Waals surface area contributed by atoms with Gasteiger partial charge in [0.25, 0.3) is 0 Å². The minimum absolute atomic E-state index is 0.623. The van der Waals surface area contributed by atoms with Crippen molar-refractivity contribution in [2.75, 3.05) is 19.8 Å². The van der Waals surface area contributed by atoms with Crippen LogP contribution in [0.25, 0.3) is 0 Å². The highest BCUT2D eigenvalue weighted by molar-refractivity contribution is 6.05. The van der Waals surface area contributed by atoms with Crippen molar-refractivity contribution < 1.29 is 89.8 Å². The van der Waals surface area contributed by atoms with Gasteiger partial charge in [0.2, 0.25) is 5.60 Å². The molecule has 2 heterocycles. The number of carbonyl (C=O) groups excluding carboxylic acids is 1. The number of ether oxygens (including phenoxy) is 4. The Morgan fingerprint density at radius 2 is 1.29 bits per heavy atom.